The van der Waals surface area contributed by atoms with Gasteiger partial charge in [0.05, 0.1) is 21.3 Å². The molecule has 7 nitrogen and oxygen atoms in total. The molecule has 9 heteroatoms. The maximum absolute atomic E-state index is 13.3. The third kappa shape index (κ3) is 4.09. The molecule has 0 bridgehead atoms. The number of nitro benzene ring substituents is 1. The lowest BCUT2D eigenvalue weighted by Crippen LogP contribution is -2.19. The summed E-state index contributed by atoms with van der Waals surface area (Å²) in [6.07, 6.45) is 0. The van der Waals surface area contributed by atoms with Crippen LogP contribution in [0.25, 0.3) is 5.57 Å². The summed E-state index contributed by atoms with van der Waals surface area (Å²) in [5.41, 5.74) is 13.7. The number of hydrogen-bond acceptors (Lipinski definition) is 5. The number of halogens is 2. The number of allylic oxidation sites excluding steroid dienone is 1. The van der Waals surface area contributed by atoms with Gasteiger partial charge in [-0.15, -0.1) is 0 Å². The van der Waals surface area contributed by atoms with E-state index in [1.54, 1.807) is 6.92 Å². The molecule has 0 spiro atoms. The summed E-state index contributed by atoms with van der Waals surface area (Å²) < 4.78 is 13.3. The molecular formula is C17H17ClFN5O2. The number of nitrogen functional groups attached to an aromatic ring is 1. The molecule has 0 aliphatic rings. The Bertz CT molecular complexity index is 923. The second-order valence-corrected chi connectivity index (χ2v) is 5.82. The quantitative estimate of drug-likeness (QED) is 0.246. The highest BCUT2D eigenvalue weighted by molar-refractivity contribution is 6.37. The Kier molecular flexibility index (Phi) is 5.78. The first-order valence-corrected chi connectivity index (χ1v) is 7.82. The van der Waals surface area contributed by atoms with Gasteiger partial charge in [0.2, 0.25) is 0 Å². The van der Waals surface area contributed by atoms with E-state index in [1.807, 2.05) is 0 Å². The monoisotopic (exact) mass is 377 g/mol. The zero-order valence-electron chi connectivity index (χ0n) is 14.1. The molecule has 0 saturated carbocycles. The number of amidine groups is 1. The van der Waals surface area contributed by atoms with Gasteiger partial charge < -0.3 is 16.8 Å². The molecule has 136 valence electrons. The molecule has 0 amide bonds. The third-order valence-corrected chi connectivity index (χ3v) is 3.87. The van der Waals surface area contributed by atoms with Crippen LogP contribution in [0.5, 0.6) is 0 Å². The van der Waals surface area contributed by atoms with Crippen molar-refractivity contribution in [2.45, 2.75) is 6.92 Å². The fraction of sp³-hybridized carbons (Fsp3) is 0.118. The topological polar surface area (TPSA) is 120 Å². The Morgan fingerprint density at radius 1 is 1.31 bits per heavy atom. The molecule has 2 rings (SSSR count). The summed E-state index contributed by atoms with van der Waals surface area (Å²) in [6.45, 7) is 1.65. The molecule has 0 atom stereocenters. The van der Waals surface area contributed by atoms with E-state index in [0.717, 1.165) is 0 Å². The number of rotatable bonds is 4. The molecule has 0 aliphatic heterocycles. The molecule has 0 aliphatic carbocycles. The van der Waals surface area contributed by atoms with Crippen molar-refractivity contribution in [1.82, 2.24) is 0 Å². The molecule has 5 N–H and O–H groups in total. The third-order valence-electron chi connectivity index (χ3n) is 3.55. The first-order chi connectivity index (χ1) is 12.2. The number of nitrogens with two attached hydrogens (primary N) is 2. The van der Waals surface area contributed by atoms with E-state index in [0.29, 0.717) is 28.4 Å². The number of nitrogens with zero attached hydrogens (tertiary/aromatic N) is 2. The van der Waals surface area contributed by atoms with Crippen LogP contribution in [0.4, 0.5) is 21.5 Å². The van der Waals surface area contributed by atoms with Crippen molar-refractivity contribution >= 4 is 40.1 Å². The summed E-state index contributed by atoms with van der Waals surface area (Å²) in [5.74, 6) is -0.144. The van der Waals surface area contributed by atoms with E-state index >= 15 is 0 Å². The summed E-state index contributed by atoms with van der Waals surface area (Å²) in [5, 5.41) is 14.0. The van der Waals surface area contributed by atoms with Crippen LogP contribution in [0.15, 0.2) is 47.1 Å². The predicted octanol–water partition coefficient (Wildman–Crippen LogP) is 3.80. The SMILES string of the molecule is CN=C(Nc1ccc([N+](=O)[O-])cc1N)C(=C(C)N)c1ccc(F)cc1Cl. The van der Waals surface area contributed by atoms with E-state index in [9.17, 15) is 14.5 Å². The maximum atomic E-state index is 13.3. The second kappa shape index (κ2) is 7.83. The van der Waals surface area contributed by atoms with Crippen LogP contribution in [-0.2, 0) is 0 Å². The lowest BCUT2D eigenvalue weighted by Gasteiger charge is -2.17. The van der Waals surface area contributed by atoms with Gasteiger partial charge in [-0.1, -0.05) is 11.6 Å². The van der Waals surface area contributed by atoms with Gasteiger partial charge in [-0.05, 0) is 31.2 Å². The average molecular weight is 378 g/mol. The molecule has 0 fully saturated rings. The van der Waals surface area contributed by atoms with Crippen LogP contribution >= 0.6 is 11.6 Å². The van der Waals surface area contributed by atoms with Gasteiger partial charge in [-0.25, -0.2) is 4.39 Å². The van der Waals surface area contributed by atoms with E-state index in [1.165, 1.54) is 43.4 Å². The lowest BCUT2D eigenvalue weighted by molar-refractivity contribution is -0.384. The van der Waals surface area contributed by atoms with Gasteiger partial charge in [0, 0.05) is 36.0 Å². The van der Waals surface area contributed by atoms with Crippen molar-refractivity contribution in [2.24, 2.45) is 10.7 Å². The van der Waals surface area contributed by atoms with Crippen LogP contribution in [-0.4, -0.2) is 17.8 Å². The number of hydrogen-bond donors (Lipinski definition) is 3. The number of anilines is 2. The van der Waals surface area contributed by atoms with Crippen molar-refractivity contribution in [3.63, 3.8) is 0 Å². The zero-order valence-corrected chi connectivity index (χ0v) is 14.8. The van der Waals surface area contributed by atoms with E-state index < -0.39 is 10.7 Å². The first kappa shape index (κ1) is 19.2. The van der Waals surface area contributed by atoms with Crippen molar-refractivity contribution in [2.75, 3.05) is 18.1 Å². The van der Waals surface area contributed by atoms with Crippen LogP contribution in [0, 0.1) is 15.9 Å². The van der Waals surface area contributed by atoms with Gasteiger partial charge in [0.25, 0.3) is 5.69 Å². The van der Waals surface area contributed by atoms with Gasteiger partial charge in [-0.2, -0.15) is 0 Å². The van der Waals surface area contributed by atoms with Gasteiger partial charge in [0.1, 0.15) is 11.7 Å². The molecule has 26 heavy (non-hydrogen) atoms. The van der Waals surface area contributed by atoms with Crippen LogP contribution in [0.3, 0.4) is 0 Å². The number of aliphatic imine (C=N–C) groups is 1. The minimum atomic E-state index is -0.539. The molecule has 0 heterocycles. The molecule has 0 saturated heterocycles. The van der Waals surface area contributed by atoms with E-state index in [4.69, 9.17) is 23.1 Å². The second-order valence-electron chi connectivity index (χ2n) is 5.41. The number of benzene rings is 2. The maximum Gasteiger partial charge on any atom is 0.271 e. The van der Waals surface area contributed by atoms with E-state index in [-0.39, 0.29) is 16.4 Å². The average Bonchev–Trinajstić information content (AvgIpc) is 2.56. The normalized spacial score (nSPS) is 12.5. The highest BCUT2D eigenvalue weighted by atomic mass is 35.5. The Morgan fingerprint density at radius 2 is 2.00 bits per heavy atom. The van der Waals surface area contributed by atoms with Crippen LogP contribution in [0.2, 0.25) is 5.02 Å². The highest BCUT2D eigenvalue weighted by Gasteiger charge is 2.17. The molecule has 0 unspecified atom stereocenters. The predicted molar refractivity (Wildman–Crippen MR) is 103 cm³/mol. The molecule has 2 aromatic rings. The smallest absolute Gasteiger partial charge is 0.271 e. The van der Waals surface area contributed by atoms with Crippen molar-refractivity contribution in [3.8, 4) is 0 Å². The van der Waals surface area contributed by atoms with Crippen molar-refractivity contribution in [1.29, 1.82) is 0 Å². The number of non-ortho nitro benzene ring substituents is 1. The van der Waals surface area contributed by atoms with Gasteiger partial charge >= 0.3 is 0 Å². The number of nitro groups is 1. The molecular weight excluding hydrogens is 361 g/mol. The molecule has 0 aromatic heterocycles. The Hall–Kier alpha value is -3.13. The minimum Gasteiger partial charge on any atom is -0.402 e. The fourth-order valence-electron chi connectivity index (χ4n) is 2.35. The minimum absolute atomic E-state index is 0.129. The number of nitrogens with one attached hydrogen (secondary N) is 1. The summed E-state index contributed by atoms with van der Waals surface area (Å²) in [7, 11) is 1.53. The van der Waals surface area contributed by atoms with Crippen LogP contribution < -0.4 is 16.8 Å². The Morgan fingerprint density at radius 3 is 2.50 bits per heavy atom. The molecule has 0 radical (unpaired) electrons. The Balaban J connectivity index is 2.46. The standard InChI is InChI=1S/C17H17ClFN5O2/c1-9(20)16(12-5-3-10(19)7-13(12)18)17(22-2)23-15-6-4-11(24(25)26)8-14(15)21/h3-8H,20-21H2,1-2H3,(H,22,23). The summed E-state index contributed by atoms with van der Waals surface area (Å²) in [4.78, 5) is 14.5. The largest absolute Gasteiger partial charge is 0.402 e. The fourth-order valence-corrected chi connectivity index (χ4v) is 2.62. The van der Waals surface area contributed by atoms with Gasteiger partial charge in [-0.3, -0.25) is 15.1 Å². The van der Waals surface area contributed by atoms with Crippen molar-refractivity contribution in [3.05, 3.63) is 68.6 Å². The van der Waals surface area contributed by atoms with Crippen LogP contribution in [0.1, 0.15) is 12.5 Å². The van der Waals surface area contributed by atoms with E-state index in [2.05, 4.69) is 10.3 Å². The van der Waals surface area contributed by atoms with Crippen molar-refractivity contribution < 1.29 is 9.31 Å². The Labute approximate surface area is 154 Å². The zero-order chi connectivity index (χ0) is 19.4. The first-order valence-electron chi connectivity index (χ1n) is 7.44. The highest BCUT2D eigenvalue weighted by Crippen LogP contribution is 2.30. The lowest BCUT2D eigenvalue weighted by atomic mass is 10.0. The summed E-state index contributed by atoms with van der Waals surface area (Å²) in [6, 6.07) is 7.95. The van der Waals surface area contributed by atoms with Gasteiger partial charge in [0.15, 0.2) is 0 Å². The molecule has 2 aromatic carbocycles. The summed E-state index contributed by atoms with van der Waals surface area (Å²) >= 11 is 6.15.